The van der Waals surface area contributed by atoms with Crippen LogP contribution < -0.4 is 31.0 Å². The van der Waals surface area contributed by atoms with Crippen molar-refractivity contribution in [3.05, 3.63) is 77.6 Å². The van der Waals surface area contributed by atoms with Gasteiger partial charge in [-0.25, -0.2) is 29.1 Å². The average molecular weight is 824 g/mol. The molecule has 3 heterocycles. The highest BCUT2D eigenvalue weighted by Gasteiger charge is 2.69. The summed E-state index contributed by atoms with van der Waals surface area (Å²) in [4.78, 5) is 93.0. The Bertz CT molecular complexity index is 1960. The van der Waals surface area contributed by atoms with E-state index in [-0.39, 0.29) is 14.7 Å². The number of hydrogen-bond acceptors (Lipinski definition) is 14. The maximum atomic E-state index is 14.4. The number of anilines is 3. The Morgan fingerprint density at radius 3 is 1.02 bits per heavy atom. The number of amides is 3. The van der Waals surface area contributed by atoms with Crippen molar-refractivity contribution in [1.82, 2.24) is 13.7 Å². The number of carbonyl (C=O) groups is 3. The third kappa shape index (κ3) is 8.10. The molecule has 24 heteroatoms. The van der Waals surface area contributed by atoms with Crippen LogP contribution in [0.1, 0.15) is 40.0 Å². The molecule has 0 radical (unpaired) electrons. The van der Waals surface area contributed by atoms with Crippen molar-refractivity contribution in [2.24, 2.45) is 0 Å². The van der Waals surface area contributed by atoms with Gasteiger partial charge in [0.25, 0.3) is 5.54 Å². The van der Waals surface area contributed by atoms with Gasteiger partial charge in [0, 0.05) is 61.3 Å². The number of aliphatic hydroxyl groups is 3. The van der Waals surface area contributed by atoms with Crippen molar-refractivity contribution in [3.63, 3.8) is 0 Å². The number of aromatic hydroxyl groups is 3. The first-order valence-electron chi connectivity index (χ1n) is 17.7. The first-order valence-corrected chi connectivity index (χ1v) is 17.7. The lowest BCUT2D eigenvalue weighted by Crippen LogP contribution is -2.77. The lowest BCUT2D eigenvalue weighted by atomic mass is 9.71. The Kier molecular flexibility index (Phi) is 15.0. The van der Waals surface area contributed by atoms with E-state index >= 15 is 0 Å². The fraction of sp³-hybridized carbons (Fsp3) is 0.471. The molecule has 9 N–H and O–H groups in total. The van der Waals surface area contributed by atoms with E-state index < -0.39 is 157 Å². The molecule has 0 fully saturated rings. The van der Waals surface area contributed by atoms with Crippen LogP contribution >= 0.6 is 0 Å². The third-order valence-electron chi connectivity index (χ3n) is 9.71. The van der Waals surface area contributed by atoms with Gasteiger partial charge in [-0.3, -0.25) is 24.5 Å². The number of aliphatic hydroxyl groups excluding tert-OH is 3. The Morgan fingerprint density at radius 1 is 0.603 bits per heavy atom. The van der Waals surface area contributed by atoms with E-state index in [9.17, 15) is 84.8 Å². The second kappa shape index (κ2) is 19.0. The number of nitrogens with zero attached hydrogens (tertiary/aromatic N) is 7. The summed E-state index contributed by atoms with van der Waals surface area (Å²) >= 11 is 0. The first-order chi connectivity index (χ1) is 27.4. The zero-order valence-electron chi connectivity index (χ0n) is 31.5. The second-order valence-corrected chi connectivity index (χ2v) is 12.7. The average Bonchev–Trinajstić information content (AvgIpc) is 3.16. The number of hydrogen-bond donors (Lipinski definition) is 9. The van der Waals surface area contributed by atoms with Gasteiger partial charge >= 0.3 is 18.3 Å². The maximum absolute atomic E-state index is 14.4. The van der Waals surface area contributed by atoms with Crippen LogP contribution in [0.3, 0.4) is 0 Å². The van der Waals surface area contributed by atoms with Gasteiger partial charge in [-0.05, 0) is 19.3 Å². The third-order valence-corrected chi connectivity index (χ3v) is 9.71. The normalized spacial score (nSPS) is 13.8. The van der Waals surface area contributed by atoms with Gasteiger partial charge in [0.1, 0.15) is 18.1 Å². The minimum Gasteiger partial charge on any atom is -0.502 e. The van der Waals surface area contributed by atoms with Crippen LogP contribution in [0.15, 0.2) is 51.2 Å². The Morgan fingerprint density at radius 2 is 0.845 bits per heavy atom. The van der Waals surface area contributed by atoms with E-state index in [1.807, 2.05) is 0 Å². The minimum atomic E-state index is -3.46. The summed E-state index contributed by atoms with van der Waals surface area (Å²) in [6.07, 6.45) is -5.85. The SMILES string of the molecule is CCC(N(C(=O)O)c1c(O)c(=O)ccn1CCO)C(C(CC)N(C(=O)O)c1c(O)c(=O)ccn1CCO)(C(CC)N(C(=O)O)c1c(O)c(=O)ccn1CCO)[N+](=O)[O-]. The molecule has 0 aliphatic carbocycles. The molecule has 0 bridgehead atoms. The Balaban J connectivity index is 2.83. The molecule has 318 valence electrons. The summed E-state index contributed by atoms with van der Waals surface area (Å²) in [7, 11) is 0. The number of pyridine rings is 3. The topological polar surface area (TPSA) is 352 Å². The van der Waals surface area contributed by atoms with Crippen LogP contribution in [0.25, 0.3) is 0 Å². The van der Waals surface area contributed by atoms with Gasteiger partial charge in [-0.15, -0.1) is 0 Å². The summed E-state index contributed by atoms with van der Waals surface area (Å²) in [5.41, 5.74) is -7.08. The molecule has 58 heavy (non-hydrogen) atoms. The molecular formula is C34H45N7O17. The molecule has 3 rings (SSSR count). The molecule has 3 unspecified atom stereocenters. The summed E-state index contributed by atoms with van der Waals surface area (Å²) in [6, 6.07) is -4.84. The summed E-state index contributed by atoms with van der Waals surface area (Å²) in [5, 5.41) is 110. The second-order valence-electron chi connectivity index (χ2n) is 12.7. The van der Waals surface area contributed by atoms with Crippen LogP contribution in [0, 0.1) is 10.1 Å². The summed E-state index contributed by atoms with van der Waals surface area (Å²) in [6.45, 7) is -0.349. The molecule has 3 aromatic heterocycles. The van der Waals surface area contributed by atoms with Crippen molar-refractivity contribution < 1.29 is 65.3 Å². The molecular weight excluding hydrogens is 778 g/mol. The van der Waals surface area contributed by atoms with E-state index in [4.69, 9.17) is 0 Å². The maximum Gasteiger partial charge on any atom is 0.413 e. The fourth-order valence-electron chi connectivity index (χ4n) is 7.58. The van der Waals surface area contributed by atoms with Gasteiger partial charge in [0.2, 0.25) is 33.5 Å². The highest BCUT2D eigenvalue weighted by molar-refractivity contribution is 5.91. The predicted octanol–water partition coefficient (Wildman–Crippen LogP) is 0.470. The van der Waals surface area contributed by atoms with Crippen LogP contribution in [-0.2, 0) is 19.6 Å². The molecule has 3 amide bonds. The number of aromatic nitrogens is 3. The number of rotatable bonds is 19. The van der Waals surface area contributed by atoms with Crippen molar-refractivity contribution >= 4 is 35.7 Å². The molecule has 0 aromatic carbocycles. The minimum absolute atomic E-state index is 0.137. The molecule has 3 aromatic rings. The predicted molar refractivity (Wildman–Crippen MR) is 202 cm³/mol. The van der Waals surface area contributed by atoms with Gasteiger partial charge in [0.05, 0.1) is 19.8 Å². The smallest absolute Gasteiger partial charge is 0.413 e. The standard InChI is InChI=1S/C34H45N7O17/c1-4-22(38(31(51)52)28-25(48)19(45)7-10-35(28)13-16-42)34(41(57)58,23(5-2)39(32(53)54)29-26(49)20(46)8-11-36(29)14-17-43)24(6-3)40(33(55)56)30-27(50)21(47)9-12-37(30)15-18-44/h7-12,22-24,42-44,48-50H,4-6,13-18H2,1-3H3,(H,51,52)(H,53,54)(H,55,56). The van der Waals surface area contributed by atoms with Crippen LogP contribution in [0.2, 0.25) is 0 Å². The van der Waals surface area contributed by atoms with Crippen molar-refractivity contribution in [2.75, 3.05) is 34.5 Å². The summed E-state index contributed by atoms with van der Waals surface area (Å²) in [5.74, 6) is -6.85. The van der Waals surface area contributed by atoms with E-state index in [0.717, 1.165) is 50.5 Å². The molecule has 3 atom stereocenters. The van der Waals surface area contributed by atoms with Crippen LogP contribution in [-0.4, -0.2) is 126 Å². The van der Waals surface area contributed by atoms with Gasteiger partial charge in [-0.1, -0.05) is 20.8 Å². The van der Waals surface area contributed by atoms with Crippen molar-refractivity contribution in [2.45, 2.75) is 83.3 Å². The Labute approximate surface area is 327 Å². The molecule has 0 saturated heterocycles. The highest BCUT2D eigenvalue weighted by Crippen LogP contribution is 2.45. The molecule has 0 aliphatic heterocycles. The highest BCUT2D eigenvalue weighted by atomic mass is 16.6. The fourth-order valence-corrected chi connectivity index (χ4v) is 7.58. The van der Waals surface area contributed by atoms with Gasteiger partial charge in [-0.2, -0.15) is 0 Å². The zero-order chi connectivity index (χ0) is 43.8. The lowest BCUT2D eigenvalue weighted by molar-refractivity contribution is -0.581. The molecule has 24 nitrogen and oxygen atoms in total. The zero-order valence-corrected chi connectivity index (χ0v) is 31.5. The largest absolute Gasteiger partial charge is 0.502 e. The molecule has 0 saturated carbocycles. The van der Waals surface area contributed by atoms with Crippen LogP contribution in [0.4, 0.5) is 31.8 Å². The molecule has 0 spiro atoms. The van der Waals surface area contributed by atoms with E-state index in [1.165, 1.54) is 20.8 Å². The first kappa shape index (κ1) is 45.7. The van der Waals surface area contributed by atoms with Crippen LogP contribution in [0.5, 0.6) is 17.2 Å². The summed E-state index contributed by atoms with van der Waals surface area (Å²) < 4.78 is 2.52. The Hall–Kier alpha value is -6.66. The van der Waals surface area contributed by atoms with Gasteiger partial charge in [0.15, 0.2) is 17.5 Å². The quantitative estimate of drug-likeness (QED) is 0.0586. The monoisotopic (exact) mass is 823 g/mol. The van der Waals surface area contributed by atoms with E-state index in [1.54, 1.807) is 0 Å². The molecule has 0 aliphatic rings. The lowest BCUT2D eigenvalue weighted by Gasteiger charge is -2.50. The van der Waals surface area contributed by atoms with Gasteiger partial charge < -0.3 is 59.7 Å². The van der Waals surface area contributed by atoms with Crippen molar-refractivity contribution in [1.29, 1.82) is 0 Å². The number of nitro groups is 1. The van der Waals surface area contributed by atoms with Crippen molar-refractivity contribution in [3.8, 4) is 17.2 Å². The number of carboxylic acid groups (broad SMARTS) is 3. The van der Waals surface area contributed by atoms with E-state index in [0.29, 0.717) is 0 Å². The van der Waals surface area contributed by atoms with E-state index in [2.05, 4.69) is 0 Å².